The van der Waals surface area contributed by atoms with Crippen molar-refractivity contribution in [1.29, 1.82) is 0 Å². The zero-order valence-corrected chi connectivity index (χ0v) is 9.61. The van der Waals surface area contributed by atoms with Crippen LogP contribution in [-0.4, -0.2) is 11.3 Å². The van der Waals surface area contributed by atoms with Crippen LogP contribution in [0.5, 0.6) is 0 Å². The smallest absolute Gasteiger partial charge is 0.144 e. The average Bonchev–Trinajstić information content (AvgIpc) is 2.51. The third-order valence-electron chi connectivity index (χ3n) is 3.46. The van der Waals surface area contributed by atoms with Crippen LogP contribution in [0, 0.1) is 5.82 Å². The average molecular weight is 246 g/mol. The molecule has 0 bridgehead atoms. The standard InChI is InChI=1S/C15H12F2O/c16-13-5-1-3-11-9(13)7-8-10-12(15(11)18)4-2-6-14(10)17/h1-7,13,15,18H,8H2. The van der Waals surface area contributed by atoms with Crippen molar-refractivity contribution >= 4 is 0 Å². The zero-order chi connectivity index (χ0) is 12.7. The molecule has 2 aliphatic carbocycles. The van der Waals surface area contributed by atoms with Crippen LogP contribution >= 0.6 is 0 Å². The van der Waals surface area contributed by atoms with Gasteiger partial charge in [0.2, 0.25) is 0 Å². The van der Waals surface area contributed by atoms with E-state index in [1.54, 1.807) is 30.4 Å². The second-order valence-corrected chi connectivity index (χ2v) is 4.48. The highest BCUT2D eigenvalue weighted by Gasteiger charge is 2.28. The third kappa shape index (κ3) is 1.63. The van der Waals surface area contributed by atoms with E-state index in [2.05, 4.69) is 0 Å². The van der Waals surface area contributed by atoms with Gasteiger partial charge in [0.1, 0.15) is 18.1 Å². The Bertz CT molecular complexity index is 584. The van der Waals surface area contributed by atoms with Gasteiger partial charge in [0.25, 0.3) is 0 Å². The molecule has 0 spiro atoms. The molecule has 2 atom stereocenters. The topological polar surface area (TPSA) is 20.2 Å². The number of aliphatic hydroxyl groups excluding tert-OH is 1. The number of halogens is 2. The van der Waals surface area contributed by atoms with Crippen molar-refractivity contribution in [3.05, 3.63) is 70.6 Å². The molecule has 2 unspecified atom stereocenters. The number of rotatable bonds is 0. The van der Waals surface area contributed by atoms with Crippen LogP contribution < -0.4 is 0 Å². The molecule has 0 heterocycles. The Morgan fingerprint density at radius 2 is 2.06 bits per heavy atom. The van der Waals surface area contributed by atoms with Crippen LogP contribution in [0.2, 0.25) is 0 Å². The molecule has 92 valence electrons. The minimum Gasteiger partial charge on any atom is -0.384 e. The SMILES string of the molecule is OC1C2=CC=CC(F)C2=CCc2c(F)cccc21. The van der Waals surface area contributed by atoms with Crippen molar-refractivity contribution in [1.82, 2.24) is 0 Å². The van der Waals surface area contributed by atoms with Gasteiger partial charge >= 0.3 is 0 Å². The van der Waals surface area contributed by atoms with Crippen molar-refractivity contribution in [2.45, 2.75) is 18.7 Å². The Morgan fingerprint density at radius 1 is 1.22 bits per heavy atom. The van der Waals surface area contributed by atoms with E-state index in [-0.39, 0.29) is 5.82 Å². The van der Waals surface area contributed by atoms with Crippen molar-refractivity contribution in [2.75, 3.05) is 0 Å². The second kappa shape index (κ2) is 4.18. The molecule has 0 aliphatic heterocycles. The molecule has 1 nitrogen and oxygen atoms in total. The van der Waals surface area contributed by atoms with E-state index in [9.17, 15) is 13.9 Å². The maximum atomic E-state index is 13.8. The first-order valence-electron chi connectivity index (χ1n) is 5.86. The molecule has 0 radical (unpaired) electrons. The normalized spacial score (nSPS) is 25.7. The van der Waals surface area contributed by atoms with Crippen LogP contribution in [-0.2, 0) is 6.42 Å². The highest BCUT2D eigenvalue weighted by molar-refractivity contribution is 5.52. The van der Waals surface area contributed by atoms with Gasteiger partial charge in [0.15, 0.2) is 0 Å². The quantitative estimate of drug-likeness (QED) is 0.745. The van der Waals surface area contributed by atoms with Crippen molar-refractivity contribution < 1.29 is 13.9 Å². The van der Waals surface area contributed by atoms with E-state index >= 15 is 0 Å². The molecule has 0 amide bonds. The number of aliphatic hydroxyl groups is 1. The molecule has 2 aliphatic rings. The van der Waals surface area contributed by atoms with E-state index in [0.717, 1.165) is 0 Å². The summed E-state index contributed by atoms with van der Waals surface area (Å²) in [4.78, 5) is 0. The van der Waals surface area contributed by atoms with Gasteiger partial charge in [-0.1, -0.05) is 30.4 Å². The van der Waals surface area contributed by atoms with E-state index < -0.39 is 12.3 Å². The summed E-state index contributed by atoms with van der Waals surface area (Å²) in [5.41, 5.74) is 1.94. The first-order valence-corrected chi connectivity index (χ1v) is 5.86. The molecule has 1 aromatic carbocycles. The monoisotopic (exact) mass is 246 g/mol. The van der Waals surface area contributed by atoms with Crippen LogP contribution in [0.25, 0.3) is 0 Å². The molecule has 18 heavy (non-hydrogen) atoms. The Hall–Kier alpha value is -1.74. The maximum Gasteiger partial charge on any atom is 0.144 e. The zero-order valence-electron chi connectivity index (χ0n) is 9.61. The fraction of sp³-hybridized carbons (Fsp3) is 0.200. The number of alkyl halides is 1. The van der Waals surface area contributed by atoms with Gasteiger partial charge in [-0.3, -0.25) is 0 Å². The lowest BCUT2D eigenvalue weighted by atomic mass is 9.90. The highest BCUT2D eigenvalue weighted by Crippen LogP contribution is 2.38. The lowest BCUT2D eigenvalue weighted by molar-refractivity contribution is 0.214. The Balaban J connectivity index is 2.18. The van der Waals surface area contributed by atoms with E-state index in [1.807, 2.05) is 0 Å². The van der Waals surface area contributed by atoms with Crippen LogP contribution in [0.15, 0.2) is 53.6 Å². The number of hydrogen-bond acceptors (Lipinski definition) is 1. The van der Waals surface area contributed by atoms with Gasteiger partial charge in [-0.25, -0.2) is 8.78 Å². The number of allylic oxidation sites excluding steroid dienone is 4. The minimum atomic E-state index is -1.22. The van der Waals surface area contributed by atoms with Crippen LogP contribution in [0.3, 0.4) is 0 Å². The van der Waals surface area contributed by atoms with E-state index in [1.165, 1.54) is 12.1 Å². The molecular formula is C15H12F2O. The summed E-state index contributed by atoms with van der Waals surface area (Å²) in [5, 5.41) is 10.3. The lowest BCUT2D eigenvalue weighted by Gasteiger charge is -2.20. The summed E-state index contributed by atoms with van der Waals surface area (Å²) in [6.45, 7) is 0. The summed E-state index contributed by atoms with van der Waals surface area (Å²) < 4.78 is 27.5. The minimum absolute atomic E-state index is 0.306. The summed E-state index contributed by atoms with van der Waals surface area (Å²) in [6.07, 6.45) is 4.48. The lowest BCUT2D eigenvalue weighted by Crippen LogP contribution is -2.12. The van der Waals surface area contributed by atoms with E-state index in [0.29, 0.717) is 28.7 Å². The van der Waals surface area contributed by atoms with Crippen molar-refractivity contribution in [3.63, 3.8) is 0 Å². The van der Waals surface area contributed by atoms with Crippen molar-refractivity contribution in [3.8, 4) is 0 Å². The molecule has 3 heteroatoms. The predicted octanol–water partition coefficient (Wildman–Crippen LogP) is 3.18. The Morgan fingerprint density at radius 3 is 2.89 bits per heavy atom. The van der Waals surface area contributed by atoms with Crippen molar-refractivity contribution in [2.24, 2.45) is 0 Å². The fourth-order valence-corrected chi connectivity index (χ4v) is 2.52. The molecule has 0 saturated heterocycles. The summed E-state index contributed by atoms with van der Waals surface area (Å²) in [5.74, 6) is -0.356. The molecule has 0 saturated carbocycles. The molecule has 1 aromatic rings. The first kappa shape index (κ1) is 11.4. The van der Waals surface area contributed by atoms with E-state index in [4.69, 9.17) is 0 Å². The summed E-state index contributed by atoms with van der Waals surface area (Å²) in [7, 11) is 0. The number of hydrogen-bond donors (Lipinski definition) is 1. The molecule has 0 fully saturated rings. The van der Waals surface area contributed by atoms with Gasteiger partial charge in [0.05, 0.1) is 0 Å². The molecular weight excluding hydrogens is 234 g/mol. The molecule has 1 N–H and O–H groups in total. The first-order chi connectivity index (χ1) is 8.68. The van der Waals surface area contributed by atoms with Crippen LogP contribution in [0.4, 0.5) is 8.78 Å². The summed E-state index contributed by atoms with van der Waals surface area (Å²) >= 11 is 0. The largest absolute Gasteiger partial charge is 0.384 e. The predicted molar refractivity (Wildman–Crippen MR) is 65.3 cm³/mol. The van der Waals surface area contributed by atoms with Gasteiger partial charge in [-0.15, -0.1) is 0 Å². The fourth-order valence-electron chi connectivity index (χ4n) is 2.52. The third-order valence-corrected chi connectivity index (χ3v) is 3.46. The highest BCUT2D eigenvalue weighted by atomic mass is 19.1. The Kier molecular flexibility index (Phi) is 2.63. The maximum absolute atomic E-state index is 13.8. The Labute approximate surface area is 104 Å². The van der Waals surface area contributed by atoms with Crippen LogP contribution in [0.1, 0.15) is 17.2 Å². The van der Waals surface area contributed by atoms with Gasteiger partial charge in [-0.05, 0) is 40.8 Å². The number of benzene rings is 1. The summed E-state index contributed by atoms with van der Waals surface area (Å²) in [6, 6.07) is 4.61. The number of fused-ring (bicyclic) bond motifs is 2. The van der Waals surface area contributed by atoms with Gasteiger partial charge < -0.3 is 5.11 Å². The van der Waals surface area contributed by atoms with Gasteiger partial charge in [-0.2, -0.15) is 0 Å². The molecule has 3 rings (SSSR count). The van der Waals surface area contributed by atoms with Gasteiger partial charge in [0, 0.05) is 0 Å². The second-order valence-electron chi connectivity index (χ2n) is 4.48. The molecule has 0 aromatic heterocycles.